The van der Waals surface area contributed by atoms with Crippen LogP contribution in [0.25, 0.3) is 33.8 Å². The largest absolute Gasteiger partial charge is 0.465 e. The number of hydrogen-bond donors (Lipinski definition) is 3. The molecule has 1 amide bonds. The zero-order chi connectivity index (χ0) is 29.0. The van der Waals surface area contributed by atoms with Gasteiger partial charge in [-0.3, -0.25) is 19.0 Å². The van der Waals surface area contributed by atoms with Gasteiger partial charge < -0.3 is 19.7 Å². The number of benzene rings is 1. The van der Waals surface area contributed by atoms with Crippen LogP contribution in [0.4, 0.5) is 10.5 Å². The number of pyridine rings is 1. The second-order valence-corrected chi connectivity index (χ2v) is 10.4. The van der Waals surface area contributed by atoms with Crippen molar-refractivity contribution in [3.05, 3.63) is 79.3 Å². The number of fused-ring (bicyclic) bond motifs is 1. The van der Waals surface area contributed by atoms with Crippen LogP contribution in [0, 0.1) is 13.8 Å². The van der Waals surface area contributed by atoms with E-state index in [1.54, 1.807) is 42.2 Å². The lowest BCUT2D eigenvalue weighted by atomic mass is 9.99. The van der Waals surface area contributed by atoms with E-state index in [1.165, 1.54) is 4.90 Å². The molecule has 1 aromatic carbocycles. The Kier molecular flexibility index (Phi) is 6.37. The Morgan fingerprint density at radius 3 is 2.73 bits per heavy atom. The molecule has 210 valence electrons. The molecule has 1 aliphatic heterocycles. The average Bonchev–Trinajstić information content (AvgIpc) is 3.55. The van der Waals surface area contributed by atoms with E-state index in [4.69, 9.17) is 21.1 Å². The number of hydrogen-bond acceptors (Lipinski definition) is 9. The van der Waals surface area contributed by atoms with Gasteiger partial charge in [0, 0.05) is 30.4 Å². The number of carbonyl (C=O) groups is 1. The highest BCUT2D eigenvalue weighted by molar-refractivity contribution is 6.29. The molecule has 1 aliphatic rings. The fraction of sp³-hybridized carbons (Fsp3) is 0.259. The van der Waals surface area contributed by atoms with Crippen LogP contribution in [0.2, 0.25) is 5.15 Å². The normalized spacial score (nSPS) is 14.3. The van der Waals surface area contributed by atoms with E-state index >= 15 is 0 Å². The van der Waals surface area contributed by atoms with Crippen LogP contribution in [0.15, 0.2) is 55.2 Å². The van der Waals surface area contributed by atoms with E-state index in [-0.39, 0.29) is 28.1 Å². The van der Waals surface area contributed by atoms with E-state index in [1.807, 2.05) is 19.9 Å². The van der Waals surface area contributed by atoms with Gasteiger partial charge in [0.25, 0.3) is 0 Å². The predicted octanol–water partition coefficient (Wildman–Crippen LogP) is 4.37. The third-order valence-corrected chi connectivity index (χ3v) is 7.34. The summed E-state index contributed by atoms with van der Waals surface area (Å²) in [7, 11) is 0. The molecule has 5 heterocycles. The van der Waals surface area contributed by atoms with Crippen LogP contribution in [-0.2, 0) is 0 Å². The average molecular weight is 578 g/mol. The molecule has 41 heavy (non-hydrogen) atoms. The van der Waals surface area contributed by atoms with Crippen molar-refractivity contribution in [1.29, 1.82) is 0 Å². The van der Waals surface area contributed by atoms with E-state index in [0.717, 1.165) is 11.1 Å². The minimum absolute atomic E-state index is 0.0865. The Hall–Kier alpha value is -4.91. The maximum atomic E-state index is 13.6. The molecule has 13 nitrogen and oxygen atoms in total. The highest BCUT2D eigenvalue weighted by Crippen LogP contribution is 2.34. The Labute approximate surface area is 236 Å². The third kappa shape index (κ3) is 4.73. The van der Waals surface area contributed by atoms with Gasteiger partial charge in [0.2, 0.25) is 5.82 Å². The van der Waals surface area contributed by atoms with E-state index < -0.39 is 17.9 Å². The first-order valence-electron chi connectivity index (χ1n) is 12.7. The number of nitrogens with zero attached hydrogens (tertiary/aromatic N) is 5. The van der Waals surface area contributed by atoms with E-state index in [9.17, 15) is 14.4 Å². The maximum absolute atomic E-state index is 13.6. The molecule has 0 spiro atoms. The lowest BCUT2D eigenvalue weighted by molar-refractivity contribution is 0.0812. The van der Waals surface area contributed by atoms with Crippen LogP contribution in [0.5, 0.6) is 0 Å². The number of rotatable bonds is 6. The molecule has 0 saturated carbocycles. The van der Waals surface area contributed by atoms with E-state index in [2.05, 4.69) is 30.1 Å². The van der Waals surface area contributed by atoms with E-state index in [0.29, 0.717) is 46.6 Å². The summed E-state index contributed by atoms with van der Waals surface area (Å²) < 4.78 is 12.8. The summed E-state index contributed by atoms with van der Waals surface area (Å²) in [6, 6.07) is 6.55. The van der Waals surface area contributed by atoms with Gasteiger partial charge in [-0.05, 0) is 44.5 Å². The zero-order valence-corrected chi connectivity index (χ0v) is 22.9. The van der Waals surface area contributed by atoms with Gasteiger partial charge in [0.1, 0.15) is 22.2 Å². The molecule has 1 atom stereocenters. The quantitative estimate of drug-likeness (QED) is 0.246. The highest BCUT2D eigenvalue weighted by atomic mass is 35.5. The molecule has 14 heteroatoms. The molecule has 4 aromatic heterocycles. The van der Waals surface area contributed by atoms with Crippen molar-refractivity contribution >= 4 is 34.4 Å². The topological polar surface area (TPSA) is 172 Å². The number of aromatic amines is 1. The van der Waals surface area contributed by atoms with Gasteiger partial charge in [-0.15, -0.1) is 0 Å². The summed E-state index contributed by atoms with van der Waals surface area (Å²) in [5.41, 5.74) is 3.70. The first-order valence-corrected chi connectivity index (χ1v) is 13.1. The maximum Gasteiger partial charge on any atom is 0.439 e. The molecule has 1 unspecified atom stereocenters. The SMILES string of the molecule is Cc1cc(C(C)Nc2ccc(Cl)nc2-c2noc(=O)[nH]2)c2oc(-c3cnn(C4CN(C(=O)O)C4)c3)c(C)c(=O)c2c1. The fourth-order valence-corrected chi connectivity index (χ4v) is 5.12. The number of aromatic nitrogens is 5. The first-order chi connectivity index (χ1) is 19.6. The van der Waals surface area contributed by atoms with Crippen molar-refractivity contribution in [3.8, 4) is 22.8 Å². The standard InChI is InChI=1S/C27H24ClN7O6/c1-12-6-17(14(3)30-19-4-5-20(28)31-21(19)25-32-26(37)41-33-25)24-18(7-12)22(36)13(2)23(40-24)15-8-29-35(9-15)16-10-34(11-16)27(38)39/h4-9,14,16,30H,10-11H2,1-3H3,(H,38,39)(H,32,33,37). The number of aryl methyl sites for hydroxylation is 1. The first kappa shape index (κ1) is 26.3. The Morgan fingerprint density at radius 1 is 1.24 bits per heavy atom. The van der Waals surface area contributed by atoms with Gasteiger partial charge in [-0.2, -0.15) is 5.10 Å². The van der Waals surface area contributed by atoms with Crippen LogP contribution in [0.1, 0.15) is 35.7 Å². The summed E-state index contributed by atoms with van der Waals surface area (Å²) >= 11 is 6.11. The zero-order valence-electron chi connectivity index (χ0n) is 22.1. The van der Waals surface area contributed by atoms with Gasteiger partial charge in [0.15, 0.2) is 5.43 Å². The molecular weight excluding hydrogens is 554 g/mol. The Balaban J connectivity index is 1.39. The number of halogens is 1. The number of carboxylic acid groups (broad SMARTS) is 1. The molecular formula is C27H24ClN7O6. The minimum Gasteiger partial charge on any atom is -0.465 e. The van der Waals surface area contributed by atoms with Crippen molar-refractivity contribution < 1.29 is 18.8 Å². The van der Waals surface area contributed by atoms with Crippen molar-refractivity contribution in [1.82, 2.24) is 29.8 Å². The van der Waals surface area contributed by atoms with Crippen molar-refractivity contribution in [2.75, 3.05) is 18.4 Å². The molecule has 0 aliphatic carbocycles. The minimum atomic E-state index is -0.966. The van der Waals surface area contributed by atoms with Crippen molar-refractivity contribution in [2.45, 2.75) is 32.9 Å². The second kappa shape index (κ2) is 9.93. The summed E-state index contributed by atoms with van der Waals surface area (Å²) in [6.45, 7) is 6.19. The molecule has 3 N–H and O–H groups in total. The third-order valence-electron chi connectivity index (χ3n) is 7.13. The van der Waals surface area contributed by atoms with Crippen LogP contribution < -0.4 is 16.5 Å². The Bertz CT molecular complexity index is 1930. The summed E-state index contributed by atoms with van der Waals surface area (Å²) in [4.78, 5) is 44.3. The number of anilines is 1. The number of likely N-dealkylation sites (tertiary alicyclic amines) is 1. The van der Waals surface area contributed by atoms with Gasteiger partial charge in [-0.1, -0.05) is 22.8 Å². The van der Waals surface area contributed by atoms with Crippen molar-refractivity contribution in [2.24, 2.45) is 0 Å². The van der Waals surface area contributed by atoms with Gasteiger partial charge in [0.05, 0.1) is 34.9 Å². The number of H-pyrrole nitrogens is 1. The lowest BCUT2D eigenvalue weighted by Gasteiger charge is -2.36. The number of amides is 1. The van der Waals surface area contributed by atoms with Crippen LogP contribution >= 0.6 is 11.6 Å². The van der Waals surface area contributed by atoms with Gasteiger partial charge >= 0.3 is 11.8 Å². The fourth-order valence-electron chi connectivity index (χ4n) is 4.97. The monoisotopic (exact) mass is 577 g/mol. The molecule has 0 bridgehead atoms. The second-order valence-electron chi connectivity index (χ2n) is 10.0. The van der Waals surface area contributed by atoms with Crippen LogP contribution in [-0.4, -0.2) is 54.1 Å². The summed E-state index contributed by atoms with van der Waals surface area (Å²) in [5.74, 6) is -0.231. The molecule has 5 aromatic rings. The molecule has 0 radical (unpaired) electrons. The predicted molar refractivity (Wildman–Crippen MR) is 149 cm³/mol. The summed E-state index contributed by atoms with van der Waals surface area (Å²) in [6.07, 6.45) is 2.41. The molecule has 6 rings (SSSR count). The van der Waals surface area contributed by atoms with Crippen LogP contribution in [0.3, 0.4) is 0 Å². The highest BCUT2D eigenvalue weighted by Gasteiger charge is 2.32. The Morgan fingerprint density at radius 2 is 2.02 bits per heavy atom. The van der Waals surface area contributed by atoms with Gasteiger partial charge in [-0.25, -0.2) is 14.6 Å². The van der Waals surface area contributed by atoms with Crippen molar-refractivity contribution in [3.63, 3.8) is 0 Å². The smallest absolute Gasteiger partial charge is 0.439 e. The summed E-state index contributed by atoms with van der Waals surface area (Å²) in [5, 5.41) is 21.3. The number of nitrogens with one attached hydrogen (secondary N) is 2. The molecule has 1 fully saturated rings. The lowest BCUT2D eigenvalue weighted by Crippen LogP contribution is -2.50. The molecule has 1 saturated heterocycles.